The summed E-state index contributed by atoms with van der Waals surface area (Å²) in [7, 11) is 0. The Kier molecular flexibility index (Phi) is 5.21. The minimum atomic E-state index is -0.769. The fraction of sp³-hybridized carbons (Fsp3) is 0.391. The maximum atomic E-state index is 14.0. The van der Waals surface area contributed by atoms with Crippen LogP contribution in [0.1, 0.15) is 12.5 Å². The van der Waals surface area contributed by atoms with Crippen LogP contribution in [0.2, 0.25) is 10.0 Å². The van der Waals surface area contributed by atoms with Crippen molar-refractivity contribution in [2.75, 3.05) is 42.7 Å². The van der Waals surface area contributed by atoms with Crippen molar-refractivity contribution in [3.63, 3.8) is 0 Å². The van der Waals surface area contributed by atoms with E-state index in [0.717, 1.165) is 30.1 Å². The van der Waals surface area contributed by atoms with Crippen molar-refractivity contribution in [3.05, 3.63) is 58.1 Å². The van der Waals surface area contributed by atoms with Crippen LogP contribution in [-0.2, 0) is 11.2 Å². The van der Waals surface area contributed by atoms with E-state index in [1.807, 2.05) is 37.3 Å². The molecule has 0 aliphatic carbocycles. The molecule has 2 atom stereocenters. The molecule has 8 heteroatoms. The van der Waals surface area contributed by atoms with Crippen molar-refractivity contribution < 1.29 is 9.90 Å². The molecule has 1 fully saturated rings. The molecule has 0 aromatic heterocycles. The van der Waals surface area contributed by atoms with Crippen LogP contribution >= 0.6 is 23.2 Å². The summed E-state index contributed by atoms with van der Waals surface area (Å²) in [6.07, 6.45) is 0.575. The van der Waals surface area contributed by atoms with Crippen LogP contribution in [0.15, 0.2) is 47.6 Å². The fourth-order valence-corrected chi connectivity index (χ4v) is 5.53. The molecule has 1 amide bonds. The summed E-state index contributed by atoms with van der Waals surface area (Å²) in [5.74, 6) is -0.0197. The smallest absolute Gasteiger partial charge is 0.261 e. The van der Waals surface area contributed by atoms with Gasteiger partial charge in [-0.05, 0) is 55.3 Å². The lowest BCUT2D eigenvalue weighted by atomic mass is 9.67. The average Bonchev–Trinajstić information content (AvgIpc) is 3.01. The van der Waals surface area contributed by atoms with Gasteiger partial charge >= 0.3 is 0 Å². The lowest BCUT2D eigenvalue weighted by Gasteiger charge is -2.53. The Morgan fingerprint density at radius 1 is 1.13 bits per heavy atom. The number of aliphatic hydroxyl groups is 1. The maximum absolute atomic E-state index is 14.0. The van der Waals surface area contributed by atoms with Crippen LogP contribution in [0.4, 0.5) is 11.4 Å². The first kappa shape index (κ1) is 20.8. The molecule has 5 rings (SSSR count). The third-order valence-electron chi connectivity index (χ3n) is 6.82. The highest BCUT2D eigenvalue weighted by Crippen LogP contribution is 2.48. The molecular weight excluding hydrogens is 435 g/mol. The van der Waals surface area contributed by atoms with Gasteiger partial charge < -0.3 is 10.0 Å². The number of hydrogen-bond donors (Lipinski definition) is 1. The molecule has 2 aromatic rings. The van der Waals surface area contributed by atoms with E-state index in [1.165, 1.54) is 5.01 Å². The van der Waals surface area contributed by atoms with Gasteiger partial charge in [0, 0.05) is 41.9 Å². The molecule has 6 nitrogen and oxygen atoms in total. The predicted molar refractivity (Wildman–Crippen MR) is 124 cm³/mol. The first-order valence-electron chi connectivity index (χ1n) is 10.5. The van der Waals surface area contributed by atoms with E-state index >= 15 is 0 Å². The van der Waals surface area contributed by atoms with Crippen molar-refractivity contribution in [3.8, 4) is 0 Å². The molecule has 0 unspecified atom stereocenters. The largest absolute Gasteiger partial charge is 0.395 e. The number of rotatable bonds is 3. The van der Waals surface area contributed by atoms with Crippen LogP contribution in [0.3, 0.4) is 0 Å². The number of hydrogen-bond acceptors (Lipinski definition) is 5. The fourth-order valence-electron chi connectivity index (χ4n) is 5.24. The Bertz CT molecular complexity index is 1060. The molecule has 162 valence electrons. The number of hydrazone groups is 1. The van der Waals surface area contributed by atoms with Crippen molar-refractivity contribution in [2.24, 2.45) is 10.5 Å². The van der Waals surface area contributed by atoms with E-state index in [4.69, 9.17) is 28.3 Å². The number of halogens is 2. The standard InChI is InChI=1S/C23H24Cl2N4O2/c1-15-23(22(31)29(26-15)19-6-4-17(24)5-7-19)13-16-2-3-18(25)12-20(16)28-9-8-27(10-11-30)14-21(23)28/h2-7,12,21,30H,8-11,13-14H2,1H3/t21-,23+/m1/s1. The number of β-amino-alcohol motifs (C(OH)–C–C–N with tert-alkyl or cyclic N) is 1. The molecule has 3 heterocycles. The lowest BCUT2D eigenvalue weighted by Crippen LogP contribution is -2.67. The van der Waals surface area contributed by atoms with Crippen LogP contribution in [0.25, 0.3) is 0 Å². The monoisotopic (exact) mass is 458 g/mol. The van der Waals surface area contributed by atoms with Crippen LogP contribution in [0.5, 0.6) is 0 Å². The zero-order valence-electron chi connectivity index (χ0n) is 17.3. The Labute approximate surface area is 191 Å². The van der Waals surface area contributed by atoms with Gasteiger partial charge in [0.2, 0.25) is 0 Å². The average molecular weight is 459 g/mol. The van der Waals surface area contributed by atoms with E-state index < -0.39 is 5.41 Å². The summed E-state index contributed by atoms with van der Waals surface area (Å²) < 4.78 is 0. The SMILES string of the molecule is CC1=NN(c2ccc(Cl)cc2)C(=O)[C@@]12Cc1ccc(Cl)cc1N1CCN(CCO)C[C@@H]12. The van der Waals surface area contributed by atoms with Gasteiger partial charge in [-0.25, -0.2) is 0 Å². The number of anilines is 2. The molecule has 1 spiro atoms. The number of benzene rings is 2. The van der Waals surface area contributed by atoms with E-state index in [1.54, 1.807) is 12.1 Å². The first-order chi connectivity index (χ1) is 14.9. The van der Waals surface area contributed by atoms with Crippen LogP contribution in [0, 0.1) is 5.41 Å². The Morgan fingerprint density at radius 3 is 2.61 bits per heavy atom. The highest BCUT2D eigenvalue weighted by atomic mass is 35.5. The van der Waals surface area contributed by atoms with Gasteiger partial charge in [0.05, 0.1) is 24.0 Å². The van der Waals surface area contributed by atoms with Crippen molar-refractivity contribution in [1.29, 1.82) is 0 Å². The molecule has 31 heavy (non-hydrogen) atoms. The van der Waals surface area contributed by atoms with Gasteiger partial charge in [-0.2, -0.15) is 10.1 Å². The molecular formula is C23H24Cl2N4O2. The summed E-state index contributed by atoms with van der Waals surface area (Å²) >= 11 is 12.4. The zero-order valence-corrected chi connectivity index (χ0v) is 18.8. The molecule has 0 radical (unpaired) electrons. The molecule has 3 aliphatic heterocycles. The second-order valence-corrected chi connectivity index (χ2v) is 9.31. The maximum Gasteiger partial charge on any atom is 0.261 e. The third kappa shape index (κ3) is 3.24. The number of aliphatic hydroxyl groups excluding tert-OH is 1. The van der Waals surface area contributed by atoms with E-state index in [9.17, 15) is 9.90 Å². The number of carbonyl (C=O) groups excluding carboxylic acids is 1. The first-order valence-corrected chi connectivity index (χ1v) is 11.2. The Morgan fingerprint density at radius 2 is 1.87 bits per heavy atom. The highest BCUT2D eigenvalue weighted by Gasteiger charge is 2.59. The van der Waals surface area contributed by atoms with Gasteiger partial charge in [-0.3, -0.25) is 9.69 Å². The van der Waals surface area contributed by atoms with Gasteiger partial charge in [0.15, 0.2) is 0 Å². The number of amides is 1. The summed E-state index contributed by atoms with van der Waals surface area (Å²) in [5, 5.41) is 17.1. The molecule has 2 aromatic carbocycles. The molecule has 1 saturated heterocycles. The van der Waals surface area contributed by atoms with Crippen LogP contribution in [-0.4, -0.2) is 60.5 Å². The number of nitrogens with zero attached hydrogens (tertiary/aromatic N) is 4. The second-order valence-electron chi connectivity index (χ2n) is 8.43. The minimum absolute atomic E-state index is 0.0197. The van der Waals surface area contributed by atoms with Gasteiger partial charge in [-0.15, -0.1) is 0 Å². The lowest BCUT2D eigenvalue weighted by molar-refractivity contribution is -0.125. The van der Waals surface area contributed by atoms with E-state index in [2.05, 4.69) is 9.80 Å². The van der Waals surface area contributed by atoms with Gasteiger partial charge in [-0.1, -0.05) is 29.3 Å². The number of piperazine rings is 1. The normalized spacial score (nSPS) is 25.6. The number of carbonyl (C=O) groups is 1. The molecule has 3 aliphatic rings. The minimum Gasteiger partial charge on any atom is -0.395 e. The predicted octanol–water partition coefficient (Wildman–Crippen LogP) is 3.44. The topological polar surface area (TPSA) is 59.4 Å². The van der Waals surface area contributed by atoms with Crippen molar-refractivity contribution in [1.82, 2.24) is 4.90 Å². The second kappa shape index (κ2) is 7.78. The Balaban J connectivity index is 1.60. The van der Waals surface area contributed by atoms with Crippen LogP contribution < -0.4 is 9.91 Å². The van der Waals surface area contributed by atoms with Crippen molar-refractivity contribution >= 4 is 46.2 Å². The van der Waals surface area contributed by atoms with E-state index in [0.29, 0.717) is 35.2 Å². The van der Waals surface area contributed by atoms with Crippen molar-refractivity contribution in [2.45, 2.75) is 19.4 Å². The molecule has 0 saturated carbocycles. The highest BCUT2D eigenvalue weighted by molar-refractivity contribution is 6.31. The Hall–Kier alpha value is -2.12. The van der Waals surface area contributed by atoms with E-state index in [-0.39, 0.29) is 18.6 Å². The summed E-state index contributed by atoms with van der Waals surface area (Å²) in [5.41, 5.74) is 2.96. The van der Waals surface area contributed by atoms with Gasteiger partial charge in [0.1, 0.15) is 5.41 Å². The summed E-state index contributed by atoms with van der Waals surface area (Å²) in [6.45, 7) is 4.91. The quantitative estimate of drug-likeness (QED) is 0.764. The van der Waals surface area contributed by atoms with Gasteiger partial charge in [0.25, 0.3) is 5.91 Å². The number of fused-ring (bicyclic) bond motifs is 4. The zero-order chi connectivity index (χ0) is 21.8. The third-order valence-corrected chi connectivity index (χ3v) is 7.30. The molecule has 1 N–H and O–H groups in total. The summed E-state index contributed by atoms with van der Waals surface area (Å²) in [4.78, 5) is 18.6. The molecule has 0 bridgehead atoms. The summed E-state index contributed by atoms with van der Waals surface area (Å²) in [6, 6.07) is 13.0.